The van der Waals surface area contributed by atoms with Crippen LogP contribution in [-0.4, -0.2) is 28.9 Å². The van der Waals surface area contributed by atoms with Gasteiger partial charge < -0.3 is 10.6 Å². The Labute approximate surface area is 115 Å². The lowest BCUT2D eigenvalue weighted by Gasteiger charge is -2.37. The van der Waals surface area contributed by atoms with Crippen molar-refractivity contribution in [2.45, 2.75) is 57.4 Å². The Hall–Kier alpha value is -1.32. The van der Waals surface area contributed by atoms with E-state index in [-0.39, 0.29) is 11.6 Å². The smallest absolute Gasteiger partial charge is 0.346 e. The molecule has 1 aliphatic heterocycles. The van der Waals surface area contributed by atoms with Crippen molar-refractivity contribution in [2.24, 2.45) is 16.6 Å². The lowest BCUT2D eigenvalue weighted by molar-refractivity contribution is 0.169. The van der Waals surface area contributed by atoms with Crippen LogP contribution in [0, 0.1) is 5.92 Å². The standard InChI is InChI=1S/C15H25N3O/c1-3-6-12-7-5-9-15(10-8-12)13(16)17-14(19)18(15)11-4-2/h4,12H,2-3,5-11H2,1H3,(H2,16,17,19). The minimum Gasteiger partial charge on any atom is -0.385 e. The predicted molar refractivity (Wildman–Crippen MR) is 78.1 cm³/mol. The molecular formula is C15H25N3O. The van der Waals surface area contributed by atoms with Crippen molar-refractivity contribution in [3.8, 4) is 0 Å². The number of rotatable bonds is 4. The fourth-order valence-corrected chi connectivity index (χ4v) is 3.59. The molecular weight excluding hydrogens is 238 g/mol. The Bertz CT molecular complexity index is 391. The lowest BCUT2D eigenvalue weighted by atomic mass is 9.87. The summed E-state index contributed by atoms with van der Waals surface area (Å²) in [5.74, 6) is 1.30. The minimum atomic E-state index is -0.326. The van der Waals surface area contributed by atoms with Gasteiger partial charge in [-0.15, -0.1) is 6.58 Å². The van der Waals surface area contributed by atoms with E-state index >= 15 is 0 Å². The number of amidine groups is 1. The molecule has 1 fully saturated rings. The second kappa shape index (κ2) is 5.76. The molecule has 2 aliphatic rings. The number of amides is 2. The molecule has 1 heterocycles. The van der Waals surface area contributed by atoms with Crippen LogP contribution in [0.25, 0.3) is 0 Å². The van der Waals surface area contributed by atoms with Crippen LogP contribution in [-0.2, 0) is 0 Å². The SMILES string of the molecule is C=CCN1C(=O)N=C(N)C12CCCC(CCC)CC2. The van der Waals surface area contributed by atoms with Crippen molar-refractivity contribution in [3.05, 3.63) is 12.7 Å². The molecule has 1 spiro atoms. The molecule has 2 rings (SSSR count). The number of carbonyl (C=O) groups excluding carboxylic acids is 1. The van der Waals surface area contributed by atoms with E-state index in [4.69, 9.17) is 5.73 Å². The molecule has 2 atom stereocenters. The largest absolute Gasteiger partial charge is 0.385 e. The zero-order valence-electron chi connectivity index (χ0n) is 11.9. The molecule has 4 nitrogen and oxygen atoms in total. The van der Waals surface area contributed by atoms with Crippen LogP contribution in [0.3, 0.4) is 0 Å². The fraction of sp³-hybridized carbons (Fsp3) is 0.733. The summed E-state index contributed by atoms with van der Waals surface area (Å²) in [7, 11) is 0. The number of nitrogens with two attached hydrogens (primary N) is 1. The van der Waals surface area contributed by atoms with Gasteiger partial charge in [-0.3, -0.25) is 0 Å². The first-order valence-corrected chi connectivity index (χ1v) is 7.41. The molecule has 0 bridgehead atoms. The first-order valence-electron chi connectivity index (χ1n) is 7.41. The van der Waals surface area contributed by atoms with Crippen LogP contribution in [0.4, 0.5) is 4.79 Å². The molecule has 106 valence electrons. The molecule has 19 heavy (non-hydrogen) atoms. The van der Waals surface area contributed by atoms with Gasteiger partial charge in [-0.1, -0.05) is 38.7 Å². The Kier molecular flexibility index (Phi) is 4.27. The van der Waals surface area contributed by atoms with E-state index in [9.17, 15) is 4.79 Å². The summed E-state index contributed by atoms with van der Waals surface area (Å²) in [5, 5.41) is 0. The first-order chi connectivity index (χ1) is 9.14. The molecule has 1 saturated carbocycles. The lowest BCUT2D eigenvalue weighted by Crippen LogP contribution is -2.53. The Balaban J connectivity index is 2.17. The maximum Gasteiger partial charge on any atom is 0.346 e. The average Bonchev–Trinajstić information content (AvgIpc) is 2.56. The number of hydrogen-bond donors (Lipinski definition) is 1. The quantitative estimate of drug-likeness (QED) is 0.792. The highest BCUT2D eigenvalue weighted by atomic mass is 16.2. The normalized spacial score (nSPS) is 31.4. The van der Waals surface area contributed by atoms with Crippen LogP contribution in [0.1, 0.15) is 51.9 Å². The molecule has 2 unspecified atom stereocenters. The molecule has 2 N–H and O–H groups in total. The van der Waals surface area contributed by atoms with Crippen LogP contribution >= 0.6 is 0 Å². The van der Waals surface area contributed by atoms with Crippen LogP contribution in [0.2, 0.25) is 0 Å². The third kappa shape index (κ3) is 2.53. The molecule has 0 radical (unpaired) electrons. The van der Waals surface area contributed by atoms with Gasteiger partial charge in [-0.2, -0.15) is 4.99 Å². The van der Waals surface area contributed by atoms with E-state index in [2.05, 4.69) is 18.5 Å². The van der Waals surface area contributed by atoms with Gasteiger partial charge in [-0.25, -0.2) is 4.79 Å². The van der Waals surface area contributed by atoms with Gasteiger partial charge in [0.05, 0.1) is 0 Å². The second-order valence-electron chi connectivity index (χ2n) is 5.80. The number of hydrogen-bond acceptors (Lipinski definition) is 2. The van der Waals surface area contributed by atoms with Crippen molar-refractivity contribution in [1.82, 2.24) is 4.90 Å². The van der Waals surface area contributed by atoms with Gasteiger partial charge in [0.25, 0.3) is 0 Å². The maximum atomic E-state index is 12.0. The minimum absolute atomic E-state index is 0.189. The summed E-state index contributed by atoms with van der Waals surface area (Å²) in [4.78, 5) is 17.8. The summed E-state index contributed by atoms with van der Waals surface area (Å²) < 4.78 is 0. The number of nitrogens with zero attached hydrogens (tertiary/aromatic N) is 2. The Morgan fingerprint density at radius 2 is 2.32 bits per heavy atom. The summed E-state index contributed by atoms with van der Waals surface area (Å²) in [6, 6.07) is -0.189. The predicted octanol–water partition coefficient (Wildman–Crippen LogP) is 3.08. The van der Waals surface area contributed by atoms with E-state index in [1.807, 2.05) is 4.90 Å². The monoisotopic (exact) mass is 263 g/mol. The van der Waals surface area contributed by atoms with Gasteiger partial charge in [0.15, 0.2) is 0 Å². The Morgan fingerprint density at radius 1 is 1.53 bits per heavy atom. The van der Waals surface area contributed by atoms with Gasteiger partial charge in [0, 0.05) is 6.54 Å². The molecule has 0 saturated heterocycles. The van der Waals surface area contributed by atoms with Gasteiger partial charge in [0.1, 0.15) is 11.4 Å². The highest BCUT2D eigenvalue weighted by Crippen LogP contribution is 2.39. The van der Waals surface area contributed by atoms with Crippen molar-refractivity contribution < 1.29 is 4.79 Å². The summed E-state index contributed by atoms with van der Waals surface area (Å²) in [5.41, 5.74) is 5.77. The highest BCUT2D eigenvalue weighted by Gasteiger charge is 2.48. The fourth-order valence-electron chi connectivity index (χ4n) is 3.59. The van der Waals surface area contributed by atoms with E-state index in [1.54, 1.807) is 6.08 Å². The van der Waals surface area contributed by atoms with E-state index in [1.165, 1.54) is 19.3 Å². The van der Waals surface area contributed by atoms with Crippen molar-refractivity contribution in [1.29, 1.82) is 0 Å². The number of urea groups is 1. The molecule has 2 amide bonds. The van der Waals surface area contributed by atoms with Crippen molar-refractivity contribution >= 4 is 11.9 Å². The summed E-state index contributed by atoms with van der Waals surface area (Å²) in [6.45, 7) is 6.52. The Morgan fingerprint density at radius 3 is 3.00 bits per heavy atom. The third-order valence-corrected chi connectivity index (χ3v) is 4.62. The second-order valence-corrected chi connectivity index (χ2v) is 5.80. The topological polar surface area (TPSA) is 58.7 Å². The van der Waals surface area contributed by atoms with Crippen LogP contribution in [0.15, 0.2) is 17.6 Å². The van der Waals surface area contributed by atoms with E-state index in [0.29, 0.717) is 12.4 Å². The van der Waals surface area contributed by atoms with Gasteiger partial charge in [-0.05, 0) is 25.2 Å². The zero-order chi connectivity index (χ0) is 13.9. The van der Waals surface area contributed by atoms with Gasteiger partial charge in [0.2, 0.25) is 0 Å². The van der Waals surface area contributed by atoms with Crippen molar-refractivity contribution in [3.63, 3.8) is 0 Å². The summed E-state index contributed by atoms with van der Waals surface area (Å²) in [6.07, 6.45) is 9.70. The molecule has 0 aromatic heterocycles. The van der Waals surface area contributed by atoms with Gasteiger partial charge >= 0.3 is 6.03 Å². The molecule has 1 aliphatic carbocycles. The third-order valence-electron chi connectivity index (χ3n) is 4.62. The maximum absolute atomic E-state index is 12.0. The molecule has 4 heteroatoms. The van der Waals surface area contributed by atoms with Crippen LogP contribution < -0.4 is 5.73 Å². The number of aliphatic imine (C=N–C) groups is 1. The highest BCUT2D eigenvalue weighted by molar-refractivity contribution is 6.05. The summed E-state index contributed by atoms with van der Waals surface area (Å²) >= 11 is 0. The molecule has 0 aromatic rings. The molecule has 0 aromatic carbocycles. The average molecular weight is 263 g/mol. The van der Waals surface area contributed by atoms with E-state index < -0.39 is 0 Å². The first kappa shape index (κ1) is 14.1. The van der Waals surface area contributed by atoms with E-state index in [0.717, 1.165) is 31.6 Å². The zero-order valence-corrected chi connectivity index (χ0v) is 11.9. The van der Waals surface area contributed by atoms with Crippen molar-refractivity contribution in [2.75, 3.05) is 6.54 Å². The van der Waals surface area contributed by atoms with Crippen LogP contribution in [0.5, 0.6) is 0 Å². The number of carbonyl (C=O) groups is 1.